The number of likely N-dealkylation sites (N-methyl/N-ethyl adjacent to an activating group) is 1. The molecule has 0 amide bonds. The molecule has 1 N–H and O–H groups in total. The Morgan fingerprint density at radius 1 is 1.20 bits per heavy atom. The molecule has 0 radical (unpaired) electrons. The van der Waals surface area contributed by atoms with Gasteiger partial charge >= 0.3 is 0 Å². The summed E-state index contributed by atoms with van der Waals surface area (Å²) < 4.78 is 2.28. The second kappa shape index (κ2) is 8.46. The first-order chi connectivity index (χ1) is 9.85. The minimum Gasteiger partial charge on any atom is -0.335 e. The van der Waals surface area contributed by atoms with E-state index >= 15 is 0 Å². The minimum absolute atomic E-state index is 0.603. The van der Waals surface area contributed by atoms with Crippen LogP contribution in [0.1, 0.15) is 64.6 Å². The summed E-state index contributed by atoms with van der Waals surface area (Å²) in [6.07, 6.45) is 15.0. The number of hydrogen-bond acceptors (Lipinski definition) is 2. The first-order valence-electron chi connectivity index (χ1n) is 8.58. The van der Waals surface area contributed by atoms with Gasteiger partial charge in [-0.15, -0.1) is 0 Å². The van der Waals surface area contributed by atoms with Gasteiger partial charge in [-0.05, 0) is 32.2 Å². The molecule has 1 atom stereocenters. The highest BCUT2D eigenvalue weighted by molar-refractivity contribution is 4.97. The van der Waals surface area contributed by atoms with E-state index in [9.17, 15) is 0 Å². The molecule has 3 nitrogen and oxygen atoms in total. The number of aryl methyl sites for hydroxylation is 1. The summed E-state index contributed by atoms with van der Waals surface area (Å²) in [5.41, 5.74) is 0. The van der Waals surface area contributed by atoms with Crippen molar-refractivity contribution in [3.63, 3.8) is 0 Å². The smallest absolute Gasteiger partial charge is 0.110 e. The van der Waals surface area contributed by atoms with E-state index in [4.69, 9.17) is 0 Å². The van der Waals surface area contributed by atoms with Gasteiger partial charge in [0, 0.05) is 31.4 Å². The first-order valence-corrected chi connectivity index (χ1v) is 8.58. The highest BCUT2D eigenvalue weighted by Crippen LogP contribution is 2.26. The van der Waals surface area contributed by atoms with Crippen LogP contribution in [0.4, 0.5) is 0 Å². The Balaban J connectivity index is 2.01. The van der Waals surface area contributed by atoms with Gasteiger partial charge in [0.1, 0.15) is 5.82 Å². The zero-order chi connectivity index (χ0) is 14.2. The summed E-state index contributed by atoms with van der Waals surface area (Å²) in [4.78, 5) is 4.57. The Hall–Kier alpha value is -0.830. The van der Waals surface area contributed by atoms with E-state index in [1.807, 2.05) is 6.20 Å². The third-order valence-corrected chi connectivity index (χ3v) is 4.73. The van der Waals surface area contributed by atoms with Crippen LogP contribution in [0.2, 0.25) is 0 Å². The molecule has 20 heavy (non-hydrogen) atoms. The van der Waals surface area contributed by atoms with E-state index < -0.39 is 0 Å². The van der Waals surface area contributed by atoms with E-state index in [2.05, 4.69) is 34.9 Å². The van der Waals surface area contributed by atoms with Gasteiger partial charge in [0.25, 0.3) is 0 Å². The molecule has 0 aromatic carbocycles. The molecule has 1 aromatic heterocycles. The van der Waals surface area contributed by atoms with E-state index in [-0.39, 0.29) is 0 Å². The van der Waals surface area contributed by atoms with Crippen LogP contribution in [0, 0.1) is 5.92 Å². The largest absolute Gasteiger partial charge is 0.335 e. The lowest BCUT2D eigenvalue weighted by Gasteiger charge is -2.29. The molecule has 1 fully saturated rings. The van der Waals surface area contributed by atoms with Gasteiger partial charge in [-0.25, -0.2) is 4.98 Å². The number of aromatic nitrogens is 2. The topological polar surface area (TPSA) is 29.9 Å². The Kier molecular flexibility index (Phi) is 6.58. The van der Waals surface area contributed by atoms with Crippen LogP contribution in [-0.2, 0) is 13.0 Å². The molecule has 1 saturated carbocycles. The summed E-state index contributed by atoms with van der Waals surface area (Å²) >= 11 is 0. The molecule has 1 aliphatic carbocycles. The lowest BCUT2D eigenvalue weighted by atomic mass is 9.84. The van der Waals surface area contributed by atoms with Crippen LogP contribution in [0.25, 0.3) is 0 Å². The summed E-state index contributed by atoms with van der Waals surface area (Å²) in [7, 11) is 0. The van der Waals surface area contributed by atoms with Crippen molar-refractivity contribution in [2.45, 2.75) is 77.8 Å². The van der Waals surface area contributed by atoms with Gasteiger partial charge in [0.2, 0.25) is 0 Å². The fraction of sp³-hybridized carbons (Fsp3) is 0.824. The van der Waals surface area contributed by atoms with Crippen LogP contribution < -0.4 is 5.32 Å². The average molecular weight is 277 g/mol. The predicted molar refractivity (Wildman–Crippen MR) is 84.9 cm³/mol. The normalized spacial score (nSPS) is 19.5. The van der Waals surface area contributed by atoms with Crippen molar-refractivity contribution >= 4 is 0 Å². The van der Waals surface area contributed by atoms with E-state index in [1.165, 1.54) is 50.8 Å². The van der Waals surface area contributed by atoms with Crippen molar-refractivity contribution < 1.29 is 0 Å². The summed E-state index contributed by atoms with van der Waals surface area (Å²) in [6, 6.07) is 0.603. The Bertz CT molecular complexity index is 364. The van der Waals surface area contributed by atoms with Crippen molar-refractivity contribution in [1.82, 2.24) is 14.9 Å². The summed E-state index contributed by atoms with van der Waals surface area (Å²) in [5.74, 6) is 2.08. The fourth-order valence-electron chi connectivity index (χ4n) is 3.57. The second-order valence-corrected chi connectivity index (χ2v) is 6.10. The number of nitrogens with zero attached hydrogens (tertiary/aromatic N) is 2. The maximum absolute atomic E-state index is 4.57. The maximum Gasteiger partial charge on any atom is 0.110 e. The number of imidazole rings is 1. The average Bonchev–Trinajstić information content (AvgIpc) is 2.85. The minimum atomic E-state index is 0.603. The third-order valence-electron chi connectivity index (χ3n) is 4.73. The quantitative estimate of drug-likeness (QED) is 0.857. The van der Waals surface area contributed by atoms with E-state index in [0.29, 0.717) is 6.04 Å². The summed E-state index contributed by atoms with van der Waals surface area (Å²) in [5, 5.41) is 3.74. The highest BCUT2D eigenvalue weighted by Gasteiger charge is 2.23. The Morgan fingerprint density at radius 2 is 1.90 bits per heavy atom. The zero-order valence-corrected chi connectivity index (χ0v) is 13.3. The van der Waals surface area contributed by atoms with Crippen molar-refractivity contribution in [3.8, 4) is 0 Å². The maximum atomic E-state index is 4.57. The molecular formula is C17H31N3. The molecule has 114 valence electrons. The predicted octanol–water partition coefficient (Wildman–Crippen LogP) is 3.78. The van der Waals surface area contributed by atoms with Crippen LogP contribution in [0.5, 0.6) is 0 Å². The molecule has 3 heteroatoms. The van der Waals surface area contributed by atoms with Gasteiger partial charge < -0.3 is 9.88 Å². The second-order valence-electron chi connectivity index (χ2n) is 6.10. The van der Waals surface area contributed by atoms with Crippen LogP contribution in [-0.4, -0.2) is 22.1 Å². The SMILES string of the molecule is CCNC(Cc1nccn1CC)C1CCCCCCC1. The molecule has 0 saturated heterocycles. The molecule has 1 aromatic rings. The molecule has 2 rings (SSSR count). The zero-order valence-electron chi connectivity index (χ0n) is 13.3. The fourth-order valence-corrected chi connectivity index (χ4v) is 3.57. The van der Waals surface area contributed by atoms with Gasteiger partial charge in [0.05, 0.1) is 0 Å². The number of nitrogens with one attached hydrogen (secondary N) is 1. The van der Waals surface area contributed by atoms with Gasteiger partial charge in [0.15, 0.2) is 0 Å². The van der Waals surface area contributed by atoms with Crippen molar-refractivity contribution in [1.29, 1.82) is 0 Å². The molecular weight excluding hydrogens is 246 g/mol. The van der Waals surface area contributed by atoms with E-state index in [1.54, 1.807) is 0 Å². The molecule has 1 aliphatic rings. The Morgan fingerprint density at radius 3 is 2.55 bits per heavy atom. The summed E-state index contributed by atoms with van der Waals surface area (Å²) in [6.45, 7) is 6.51. The molecule has 0 spiro atoms. The van der Waals surface area contributed by atoms with Crippen LogP contribution in [0.3, 0.4) is 0 Å². The van der Waals surface area contributed by atoms with Gasteiger partial charge in [-0.2, -0.15) is 0 Å². The first kappa shape index (κ1) is 15.6. The van der Waals surface area contributed by atoms with Crippen molar-refractivity contribution in [3.05, 3.63) is 18.2 Å². The van der Waals surface area contributed by atoms with Crippen molar-refractivity contribution in [2.75, 3.05) is 6.54 Å². The van der Waals surface area contributed by atoms with Crippen molar-refractivity contribution in [2.24, 2.45) is 5.92 Å². The van der Waals surface area contributed by atoms with Gasteiger partial charge in [-0.3, -0.25) is 0 Å². The molecule has 0 aliphatic heterocycles. The van der Waals surface area contributed by atoms with Gasteiger partial charge in [-0.1, -0.05) is 39.0 Å². The lowest BCUT2D eigenvalue weighted by Crippen LogP contribution is -2.39. The number of hydrogen-bond donors (Lipinski definition) is 1. The molecule has 1 heterocycles. The van der Waals surface area contributed by atoms with Crippen LogP contribution in [0.15, 0.2) is 12.4 Å². The monoisotopic (exact) mass is 277 g/mol. The lowest BCUT2D eigenvalue weighted by molar-refractivity contribution is 0.282. The van der Waals surface area contributed by atoms with Crippen LogP contribution >= 0.6 is 0 Å². The third kappa shape index (κ3) is 4.34. The Labute approximate surface area is 124 Å². The molecule has 1 unspecified atom stereocenters. The standard InChI is InChI=1S/C17H31N3/c1-3-18-16(14-17-19-12-13-20(17)4-2)15-10-8-6-5-7-9-11-15/h12-13,15-16,18H,3-11,14H2,1-2H3. The van der Waals surface area contributed by atoms with E-state index in [0.717, 1.165) is 25.4 Å². The number of rotatable bonds is 6. The highest BCUT2D eigenvalue weighted by atomic mass is 15.1. The molecule has 0 bridgehead atoms.